The molecule has 0 aliphatic carbocycles. The molecule has 0 amide bonds. The Labute approximate surface area is 138 Å². The van der Waals surface area contributed by atoms with Crippen LogP contribution in [0.15, 0.2) is 23.4 Å². The molecule has 7 nitrogen and oxygen atoms in total. The summed E-state index contributed by atoms with van der Waals surface area (Å²) in [6.07, 6.45) is 0. The van der Waals surface area contributed by atoms with Crippen LogP contribution in [-0.4, -0.2) is 46.6 Å². The van der Waals surface area contributed by atoms with Crippen LogP contribution >= 0.6 is 0 Å². The second-order valence-corrected chi connectivity index (χ2v) is 4.94. The summed E-state index contributed by atoms with van der Waals surface area (Å²) in [4.78, 5) is 25.6. The second-order valence-electron chi connectivity index (χ2n) is 4.94. The number of halogens is 1. The molecule has 2 rings (SSSR count). The van der Waals surface area contributed by atoms with Crippen LogP contribution in [-0.2, 0) is 23.8 Å². The predicted molar refractivity (Wildman–Crippen MR) is 82.0 cm³/mol. The van der Waals surface area contributed by atoms with Gasteiger partial charge in [-0.1, -0.05) is 0 Å². The second kappa shape index (κ2) is 7.31. The van der Waals surface area contributed by atoms with Crippen molar-refractivity contribution in [2.75, 3.05) is 39.6 Å². The maximum absolute atomic E-state index is 13.8. The van der Waals surface area contributed by atoms with E-state index in [1.165, 1.54) is 38.4 Å². The highest BCUT2D eigenvalue weighted by Crippen LogP contribution is 2.37. The van der Waals surface area contributed by atoms with Crippen LogP contribution in [0.25, 0.3) is 0 Å². The van der Waals surface area contributed by atoms with Crippen LogP contribution in [0.2, 0.25) is 0 Å². The van der Waals surface area contributed by atoms with Crippen LogP contribution in [0, 0.1) is 12.7 Å². The third kappa shape index (κ3) is 3.05. The van der Waals surface area contributed by atoms with Crippen LogP contribution in [0.1, 0.15) is 5.56 Å². The highest BCUT2D eigenvalue weighted by atomic mass is 19.1. The van der Waals surface area contributed by atoms with E-state index in [4.69, 9.17) is 18.9 Å². The minimum Gasteiger partial charge on any atom is -0.494 e. The average molecular weight is 339 g/mol. The number of nitrogens with zero attached hydrogens (tertiary/aromatic N) is 1. The lowest BCUT2D eigenvalue weighted by Gasteiger charge is -2.32. The van der Waals surface area contributed by atoms with Crippen molar-refractivity contribution < 1.29 is 32.9 Å². The van der Waals surface area contributed by atoms with E-state index in [9.17, 15) is 14.0 Å². The molecule has 130 valence electrons. The summed E-state index contributed by atoms with van der Waals surface area (Å²) in [7, 11) is 3.79. The first-order chi connectivity index (χ1) is 11.5. The van der Waals surface area contributed by atoms with Crippen molar-refractivity contribution in [1.82, 2.24) is 0 Å². The molecule has 0 bridgehead atoms. The molecule has 0 spiro atoms. The van der Waals surface area contributed by atoms with Gasteiger partial charge in [0.1, 0.15) is 24.0 Å². The number of hydrogen-bond acceptors (Lipinski definition) is 7. The number of esters is 2. The molecule has 0 saturated carbocycles. The van der Waals surface area contributed by atoms with E-state index < -0.39 is 17.8 Å². The van der Waals surface area contributed by atoms with E-state index in [1.54, 1.807) is 6.92 Å². The number of hydrogen-bond donors (Lipinski definition) is 0. The predicted octanol–water partition coefficient (Wildman–Crippen LogP) is 1.54. The Hall–Kier alpha value is -2.61. The van der Waals surface area contributed by atoms with Gasteiger partial charge in [0.05, 0.1) is 39.2 Å². The van der Waals surface area contributed by atoms with Crippen molar-refractivity contribution >= 4 is 17.6 Å². The molecule has 0 radical (unpaired) electrons. The van der Waals surface area contributed by atoms with Gasteiger partial charge in [-0.25, -0.2) is 14.0 Å². The lowest BCUT2D eigenvalue weighted by molar-refractivity contribution is -0.140. The zero-order valence-corrected chi connectivity index (χ0v) is 13.8. The molecule has 0 fully saturated rings. The summed E-state index contributed by atoms with van der Waals surface area (Å²) in [5.41, 5.74) is 0.627. The summed E-state index contributed by atoms with van der Waals surface area (Å²) >= 11 is 0. The van der Waals surface area contributed by atoms with Crippen LogP contribution in [0.4, 0.5) is 10.1 Å². The van der Waals surface area contributed by atoms with Gasteiger partial charge in [0.15, 0.2) is 0 Å². The molecular weight excluding hydrogens is 321 g/mol. The average Bonchev–Trinajstić information content (AvgIpc) is 2.61. The van der Waals surface area contributed by atoms with Crippen molar-refractivity contribution in [3.05, 3.63) is 34.8 Å². The van der Waals surface area contributed by atoms with Crippen molar-refractivity contribution in [2.45, 2.75) is 6.92 Å². The number of carbonyl (C=O) groups excluding carboxylic acids is 2. The molecule has 0 atom stereocenters. The minimum absolute atomic E-state index is 0.0135. The molecule has 1 aromatic rings. The van der Waals surface area contributed by atoms with Gasteiger partial charge >= 0.3 is 11.9 Å². The SMILES string of the molecule is COC(=O)C1=C(C(=O)OC)N(c2ccc(F)c(C)c2OC)COC1. The van der Waals surface area contributed by atoms with E-state index in [-0.39, 0.29) is 35.9 Å². The lowest BCUT2D eigenvalue weighted by atomic mass is 10.1. The Morgan fingerprint density at radius 1 is 1.17 bits per heavy atom. The number of carbonyl (C=O) groups is 2. The normalized spacial score (nSPS) is 14.5. The molecule has 1 aliphatic rings. The van der Waals surface area contributed by atoms with Gasteiger partial charge in [-0.2, -0.15) is 0 Å². The molecule has 0 saturated heterocycles. The number of benzene rings is 1. The zero-order chi connectivity index (χ0) is 17.9. The first-order valence-corrected chi connectivity index (χ1v) is 7.04. The summed E-state index contributed by atoms with van der Waals surface area (Å²) in [5, 5.41) is 0. The number of ether oxygens (including phenoxy) is 4. The number of methoxy groups -OCH3 is 3. The Bertz CT molecular complexity index is 700. The van der Waals surface area contributed by atoms with E-state index in [0.29, 0.717) is 5.69 Å². The molecule has 0 N–H and O–H groups in total. The fourth-order valence-electron chi connectivity index (χ4n) is 2.46. The van der Waals surface area contributed by atoms with Gasteiger partial charge in [-0.15, -0.1) is 0 Å². The summed E-state index contributed by atoms with van der Waals surface area (Å²) in [6, 6.07) is 2.68. The fourth-order valence-corrected chi connectivity index (χ4v) is 2.46. The first kappa shape index (κ1) is 17.7. The van der Waals surface area contributed by atoms with Crippen LogP contribution in [0.5, 0.6) is 5.75 Å². The summed E-state index contributed by atoms with van der Waals surface area (Å²) in [5.74, 6) is -1.67. The Kier molecular flexibility index (Phi) is 5.40. The van der Waals surface area contributed by atoms with Crippen molar-refractivity contribution in [3.8, 4) is 5.75 Å². The van der Waals surface area contributed by atoms with E-state index in [1.807, 2.05) is 0 Å². The standard InChI is InChI=1S/C16H18FNO6/c1-9-11(17)5-6-12(14(9)21-2)18-8-24-7-10(15(19)22-3)13(18)16(20)23-4/h5-6H,7-8H2,1-4H3. The lowest BCUT2D eigenvalue weighted by Crippen LogP contribution is -2.39. The topological polar surface area (TPSA) is 74.3 Å². The maximum atomic E-state index is 13.8. The molecule has 0 unspecified atom stereocenters. The molecule has 1 aromatic carbocycles. The highest BCUT2D eigenvalue weighted by molar-refractivity contribution is 6.03. The van der Waals surface area contributed by atoms with E-state index in [2.05, 4.69) is 0 Å². The van der Waals surface area contributed by atoms with E-state index in [0.717, 1.165) is 0 Å². The molecule has 1 heterocycles. The van der Waals surface area contributed by atoms with Crippen LogP contribution < -0.4 is 9.64 Å². The third-order valence-corrected chi connectivity index (χ3v) is 3.65. The molecular formula is C16H18FNO6. The van der Waals surface area contributed by atoms with Gasteiger partial charge < -0.3 is 23.8 Å². The largest absolute Gasteiger partial charge is 0.494 e. The van der Waals surface area contributed by atoms with Gasteiger partial charge in [0.2, 0.25) is 0 Å². The first-order valence-electron chi connectivity index (χ1n) is 7.04. The maximum Gasteiger partial charge on any atom is 0.355 e. The van der Waals surface area contributed by atoms with E-state index >= 15 is 0 Å². The fraction of sp³-hybridized carbons (Fsp3) is 0.375. The third-order valence-electron chi connectivity index (χ3n) is 3.65. The smallest absolute Gasteiger partial charge is 0.355 e. The van der Waals surface area contributed by atoms with Crippen molar-refractivity contribution in [2.24, 2.45) is 0 Å². The van der Waals surface area contributed by atoms with Crippen molar-refractivity contribution in [1.29, 1.82) is 0 Å². The number of anilines is 1. The zero-order valence-electron chi connectivity index (χ0n) is 13.8. The molecule has 1 aliphatic heterocycles. The summed E-state index contributed by atoms with van der Waals surface area (Å²) < 4.78 is 33.9. The summed E-state index contributed by atoms with van der Waals surface area (Å²) in [6.45, 7) is 1.41. The van der Waals surface area contributed by atoms with Gasteiger partial charge in [0.25, 0.3) is 0 Å². The minimum atomic E-state index is -0.734. The quantitative estimate of drug-likeness (QED) is 0.770. The Morgan fingerprint density at radius 3 is 2.42 bits per heavy atom. The monoisotopic (exact) mass is 339 g/mol. The Morgan fingerprint density at radius 2 is 1.83 bits per heavy atom. The molecule has 8 heteroatoms. The highest BCUT2D eigenvalue weighted by Gasteiger charge is 2.34. The van der Waals surface area contributed by atoms with Crippen LogP contribution in [0.3, 0.4) is 0 Å². The van der Waals surface area contributed by atoms with Gasteiger partial charge in [-0.05, 0) is 19.1 Å². The number of rotatable bonds is 4. The molecule has 24 heavy (non-hydrogen) atoms. The van der Waals surface area contributed by atoms with Gasteiger partial charge in [-0.3, -0.25) is 0 Å². The van der Waals surface area contributed by atoms with Crippen molar-refractivity contribution in [3.63, 3.8) is 0 Å². The van der Waals surface area contributed by atoms with Gasteiger partial charge in [0, 0.05) is 5.56 Å². The molecule has 0 aromatic heterocycles. The Balaban J connectivity index is 2.66.